The summed E-state index contributed by atoms with van der Waals surface area (Å²) in [6, 6.07) is 0. The number of nitrogens with one attached hydrogen (secondary N) is 2. The second-order valence-electron chi connectivity index (χ2n) is 4.27. The van der Waals surface area contributed by atoms with Crippen molar-refractivity contribution < 1.29 is 0 Å². The van der Waals surface area contributed by atoms with E-state index in [1.54, 1.807) is 12.4 Å². The molecule has 6 heteroatoms. The monoisotopic (exact) mass is 323 g/mol. The summed E-state index contributed by atoms with van der Waals surface area (Å²) in [6.45, 7) is 5.15. The molecule has 0 aromatic carbocycles. The van der Waals surface area contributed by atoms with Crippen molar-refractivity contribution >= 4 is 21.7 Å². The van der Waals surface area contributed by atoms with Crippen LogP contribution in [0.15, 0.2) is 16.9 Å². The van der Waals surface area contributed by atoms with E-state index in [4.69, 9.17) is 0 Å². The third-order valence-corrected chi connectivity index (χ3v) is 3.49. The molecule has 19 heavy (non-hydrogen) atoms. The van der Waals surface area contributed by atoms with Crippen molar-refractivity contribution in [1.82, 2.24) is 19.9 Å². The molecule has 0 spiro atoms. The largest absolute Gasteiger partial charge is 0.369 e. The summed E-state index contributed by atoms with van der Waals surface area (Å²) >= 11 is 3.59. The van der Waals surface area contributed by atoms with Gasteiger partial charge >= 0.3 is 0 Å². The number of hydrogen-bond donors (Lipinski definition) is 2. The Kier molecular flexibility index (Phi) is 4.90. The first-order chi connectivity index (χ1) is 9.26. The predicted molar refractivity (Wildman–Crippen MR) is 80.1 cm³/mol. The van der Waals surface area contributed by atoms with Crippen LogP contribution < -0.4 is 5.32 Å². The Morgan fingerprint density at radius 2 is 2.11 bits per heavy atom. The smallest absolute Gasteiger partial charge is 0.197 e. The van der Waals surface area contributed by atoms with Gasteiger partial charge in [-0.25, -0.2) is 15.0 Å². The Balaban J connectivity index is 2.41. The van der Waals surface area contributed by atoms with Crippen LogP contribution in [0.3, 0.4) is 0 Å². The molecule has 2 N–H and O–H groups in total. The SMILES string of the molecule is CCCNc1nc(-c2ncc[nH]2)nc(CCC)c1Br. The molecular formula is C13H18BrN5. The minimum absolute atomic E-state index is 0.634. The molecule has 0 atom stereocenters. The van der Waals surface area contributed by atoms with Gasteiger partial charge in [-0.3, -0.25) is 0 Å². The summed E-state index contributed by atoms with van der Waals surface area (Å²) in [5, 5.41) is 3.32. The average molecular weight is 324 g/mol. The number of rotatable bonds is 6. The minimum atomic E-state index is 0.634. The molecule has 0 saturated heterocycles. The van der Waals surface area contributed by atoms with Gasteiger partial charge in [0.25, 0.3) is 0 Å². The summed E-state index contributed by atoms with van der Waals surface area (Å²) < 4.78 is 0.957. The highest BCUT2D eigenvalue weighted by molar-refractivity contribution is 9.10. The molecule has 0 radical (unpaired) electrons. The van der Waals surface area contributed by atoms with E-state index in [9.17, 15) is 0 Å². The Bertz CT molecular complexity index is 524. The standard InChI is InChI=1S/C13H18BrN5/c1-3-5-9-10(14)11(15-6-4-2)19-13(18-9)12-16-7-8-17-12/h7-8H,3-6H2,1-2H3,(H,16,17)(H,15,18,19). The quantitative estimate of drug-likeness (QED) is 0.855. The van der Waals surface area contributed by atoms with E-state index in [1.165, 1.54) is 0 Å². The molecule has 0 unspecified atom stereocenters. The van der Waals surface area contributed by atoms with Gasteiger partial charge in [0.15, 0.2) is 11.6 Å². The fourth-order valence-corrected chi connectivity index (χ4v) is 2.27. The molecule has 2 aromatic rings. The summed E-state index contributed by atoms with van der Waals surface area (Å²) in [4.78, 5) is 16.4. The zero-order valence-corrected chi connectivity index (χ0v) is 12.8. The van der Waals surface area contributed by atoms with Gasteiger partial charge < -0.3 is 10.3 Å². The Morgan fingerprint density at radius 3 is 2.74 bits per heavy atom. The van der Waals surface area contributed by atoms with Crippen molar-refractivity contribution in [2.75, 3.05) is 11.9 Å². The first-order valence-electron chi connectivity index (χ1n) is 6.56. The van der Waals surface area contributed by atoms with Gasteiger partial charge in [-0.05, 0) is 28.8 Å². The summed E-state index contributed by atoms with van der Waals surface area (Å²) in [7, 11) is 0. The normalized spacial score (nSPS) is 10.7. The van der Waals surface area contributed by atoms with Crippen LogP contribution in [0.25, 0.3) is 11.6 Å². The lowest BCUT2D eigenvalue weighted by Crippen LogP contribution is -2.08. The van der Waals surface area contributed by atoms with Crippen molar-refractivity contribution in [2.45, 2.75) is 33.1 Å². The average Bonchev–Trinajstić information content (AvgIpc) is 2.94. The van der Waals surface area contributed by atoms with Crippen molar-refractivity contribution in [1.29, 1.82) is 0 Å². The fraction of sp³-hybridized carbons (Fsp3) is 0.462. The number of aromatic nitrogens is 4. The molecule has 0 aliphatic carbocycles. The van der Waals surface area contributed by atoms with Crippen LogP contribution in [-0.2, 0) is 6.42 Å². The number of anilines is 1. The summed E-state index contributed by atoms with van der Waals surface area (Å²) in [6.07, 6.45) is 6.49. The van der Waals surface area contributed by atoms with E-state index in [2.05, 4.69) is 55.0 Å². The minimum Gasteiger partial charge on any atom is -0.369 e. The maximum atomic E-state index is 4.58. The topological polar surface area (TPSA) is 66.5 Å². The molecule has 102 valence electrons. The van der Waals surface area contributed by atoms with E-state index >= 15 is 0 Å². The molecule has 0 aliphatic heterocycles. The van der Waals surface area contributed by atoms with Gasteiger partial charge in [0.2, 0.25) is 0 Å². The van der Waals surface area contributed by atoms with Gasteiger partial charge in [0.05, 0.1) is 10.2 Å². The molecule has 0 bridgehead atoms. The Hall–Kier alpha value is -1.43. The molecular weight excluding hydrogens is 306 g/mol. The van der Waals surface area contributed by atoms with E-state index in [-0.39, 0.29) is 0 Å². The zero-order chi connectivity index (χ0) is 13.7. The molecule has 2 rings (SSSR count). The molecule has 2 aromatic heterocycles. The van der Waals surface area contributed by atoms with Crippen LogP contribution in [0.2, 0.25) is 0 Å². The highest BCUT2D eigenvalue weighted by atomic mass is 79.9. The number of hydrogen-bond acceptors (Lipinski definition) is 4. The van der Waals surface area contributed by atoms with Crippen LogP contribution in [0.1, 0.15) is 32.4 Å². The lowest BCUT2D eigenvalue weighted by molar-refractivity contribution is 0.862. The van der Waals surface area contributed by atoms with Crippen LogP contribution in [0.5, 0.6) is 0 Å². The molecule has 0 amide bonds. The van der Waals surface area contributed by atoms with Gasteiger partial charge in [0.1, 0.15) is 5.82 Å². The molecule has 0 saturated carbocycles. The van der Waals surface area contributed by atoms with Crippen LogP contribution in [0.4, 0.5) is 5.82 Å². The third kappa shape index (κ3) is 3.32. The van der Waals surface area contributed by atoms with E-state index < -0.39 is 0 Å². The van der Waals surface area contributed by atoms with Gasteiger partial charge in [-0.1, -0.05) is 20.3 Å². The second-order valence-corrected chi connectivity index (χ2v) is 5.06. The molecule has 2 heterocycles. The Labute approximate surface area is 121 Å². The van der Waals surface area contributed by atoms with Crippen molar-refractivity contribution in [3.63, 3.8) is 0 Å². The summed E-state index contributed by atoms with van der Waals surface area (Å²) in [5.41, 5.74) is 1.02. The Morgan fingerprint density at radius 1 is 1.26 bits per heavy atom. The van der Waals surface area contributed by atoms with Gasteiger partial charge in [-0.15, -0.1) is 0 Å². The molecule has 0 aliphatic rings. The van der Waals surface area contributed by atoms with Gasteiger partial charge in [-0.2, -0.15) is 0 Å². The number of H-pyrrole nitrogens is 1. The lowest BCUT2D eigenvalue weighted by Gasteiger charge is -2.11. The van der Waals surface area contributed by atoms with Crippen LogP contribution in [0, 0.1) is 0 Å². The van der Waals surface area contributed by atoms with Crippen molar-refractivity contribution in [3.05, 3.63) is 22.6 Å². The fourth-order valence-electron chi connectivity index (χ4n) is 1.75. The second kappa shape index (κ2) is 6.65. The van der Waals surface area contributed by atoms with E-state index in [1.807, 2.05) is 0 Å². The third-order valence-electron chi connectivity index (χ3n) is 2.66. The molecule has 5 nitrogen and oxygen atoms in total. The van der Waals surface area contributed by atoms with Gasteiger partial charge in [0, 0.05) is 18.9 Å². The number of imidazole rings is 1. The van der Waals surface area contributed by atoms with Crippen molar-refractivity contribution in [3.8, 4) is 11.6 Å². The summed E-state index contributed by atoms with van der Waals surface area (Å²) in [5.74, 6) is 2.17. The van der Waals surface area contributed by atoms with E-state index in [0.717, 1.165) is 41.8 Å². The maximum absolute atomic E-state index is 4.58. The molecule has 0 fully saturated rings. The number of aromatic amines is 1. The highest BCUT2D eigenvalue weighted by Crippen LogP contribution is 2.27. The number of halogens is 1. The maximum Gasteiger partial charge on any atom is 0.197 e. The van der Waals surface area contributed by atoms with E-state index in [0.29, 0.717) is 11.6 Å². The van der Waals surface area contributed by atoms with Crippen LogP contribution >= 0.6 is 15.9 Å². The first kappa shape index (κ1) is 14.0. The van der Waals surface area contributed by atoms with Crippen LogP contribution in [-0.4, -0.2) is 26.5 Å². The predicted octanol–water partition coefficient (Wildman–Crippen LogP) is 3.40. The van der Waals surface area contributed by atoms with Crippen molar-refractivity contribution in [2.24, 2.45) is 0 Å². The highest BCUT2D eigenvalue weighted by Gasteiger charge is 2.13. The number of aryl methyl sites for hydroxylation is 1. The number of nitrogens with zero attached hydrogens (tertiary/aromatic N) is 3. The zero-order valence-electron chi connectivity index (χ0n) is 11.2. The first-order valence-corrected chi connectivity index (χ1v) is 7.35. The lowest BCUT2D eigenvalue weighted by atomic mass is 10.2.